The SMILES string of the molecule is Cc1cc(C)c(NC(=O)C2Cc3ccccc32)cc1N. The molecule has 3 N–H and O–H groups in total. The molecule has 0 aromatic heterocycles. The van der Waals surface area contributed by atoms with E-state index in [1.54, 1.807) is 0 Å². The third-order valence-electron chi connectivity index (χ3n) is 4.04. The lowest BCUT2D eigenvalue weighted by molar-refractivity contribution is -0.118. The molecule has 3 heteroatoms. The van der Waals surface area contributed by atoms with Crippen molar-refractivity contribution in [3.8, 4) is 0 Å². The van der Waals surface area contributed by atoms with Crippen molar-refractivity contribution in [2.24, 2.45) is 0 Å². The second-order valence-corrected chi connectivity index (χ2v) is 5.47. The number of hydrogen-bond donors (Lipinski definition) is 2. The smallest absolute Gasteiger partial charge is 0.232 e. The molecule has 1 amide bonds. The van der Waals surface area contributed by atoms with Gasteiger partial charge in [0.2, 0.25) is 5.91 Å². The van der Waals surface area contributed by atoms with Gasteiger partial charge in [-0.3, -0.25) is 4.79 Å². The van der Waals surface area contributed by atoms with E-state index in [9.17, 15) is 4.79 Å². The summed E-state index contributed by atoms with van der Waals surface area (Å²) >= 11 is 0. The van der Waals surface area contributed by atoms with E-state index in [2.05, 4.69) is 11.4 Å². The van der Waals surface area contributed by atoms with Crippen LogP contribution < -0.4 is 11.1 Å². The first-order chi connectivity index (χ1) is 9.56. The Morgan fingerprint density at radius 3 is 2.70 bits per heavy atom. The van der Waals surface area contributed by atoms with Gasteiger partial charge in [-0.25, -0.2) is 0 Å². The molecular formula is C17H18N2O. The molecule has 0 fully saturated rings. The van der Waals surface area contributed by atoms with Crippen molar-refractivity contribution in [1.82, 2.24) is 0 Å². The van der Waals surface area contributed by atoms with Crippen molar-refractivity contribution >= 4 is 17.3 Å². The van der Waals surface area contributed by atoms with E-state index in [0.717, 1.165) is 28.8 Å². The minimum atomic E-state index is -0.0341. The third-order valence-corrected chi connectivity index (χ3v) is 4.04. The molecule has 0 heterocycles. The van der Waals surface area contributed by atoms with E-state index in [0.29, 0.717) is 5.69 Å². The summed E-state index contributed by atoms with van der Waals surface area (Å²) in [4.78, 5) is 12.4. The lowest BCUT2D eigenvalue weighted by atomic mass is 9.77. The van der Waals surface area contributed by atoms with Gasteiger partial charge in [-0.1, -0.05) is 30.3 Å². The molecule has 0 saturated carbocycles. The normalized spacial score (nSPS) is 16.2. The average molecular weight is 266 g/mol. The number of rotatable bonds is 2. The Morgan fingerprint density at radius 1 is 1.20 bits per heavy atom. The Hall–Kier alpha value is -2.29. The highest BCUT2D eigenvalue weighted by Gasteiger charge is 2.31. The molecule has 1 aliphatic carbocycles. The van der Waals surface area contributed by atoms with Gasteiger partial charge in [0.15, 0.2) is 0 Å². The van der Waals surface area contributed by atoms with Gasteiger partial charge in [-0.15, -0.1) is 0 Å². The fourth-order valence-electron chi connectivity index (χ4n) is 2.72. The van der Waals surface area contributed by atoms with Crippen LogP contribution in [0.5, 0.6) is 0 Å². The number of anilines is 2. The van der Waals surface area contributed by atoms with E-state index in [1.807, 2.05) is 44.2 Å². The van der Waals surface area contributed by atoms with Gasteiger partial charge in [0, 0.05) is 11.4 Å². The number of amides is 1. The number of nitrogens with one attached hydrogen (secondary N) is 1. The van der Waals surface area contributed by atoms with E-state index in [1.165, 1.54) is 5.56 Å². The molecular weight excluding hydrogens is 248 g/mol. The second kappa shape index (κ2) is 4.67. The number of hydrogen-bond acceptors (Lipinski definition) is 2. The second-order valence-electron chi connectivity index (χ2n) is 5.47. The number of fused-ring (bicyclic) bond motifs is 1. The summed E-state index contributed by atoms with van der Waals surface area (Å²) < 4.78 is 0. The van der Waals surface area contributed by atoms with Gasteiger partial charge in [-0.2, -0.15) is 0 Å². The van der Waals surface area contributed by atoms with Crippen LogP contribution in [-0.4, -0.2) is 5.91 Å². The Kier molecular flexibility index (Phi) is 2.97. The zero-order valence-corrected chi connectivity index (χ0v) is 11.7. The molecule has 2 aromatic rings. The van der Waals surface area contributed by atoms with Crippen LogP contribution in [0.3, 0.4) is 0 Å². The highest BCUT2D eigenvalue weighted by Crippen LogP contribution is 2.36. The van der Waals surface area contributed by atoms with Crippen LogP contribution in [0.25, 0.3) is 0 Å². The summed E-state index contributed by atoms with van der Waals surface area (Å²) in [5.74, 6) is 0.0168. The molecule has 0 bridgehead atoms. The zero-order chi connectivity index (χ0) is 14.3. The molecule has 1 unspecified atom stereocenters. The van der Waals surface area contributed by atoms with Crippen molar-refractivity contribution in [1.29, 1.82) is 0 Å². The van der Waals surface area contributed by atoms with E-state index >= 15 is 0 Å². The summed E-state index contributed by atoms with van der Waals surface area (Å²) in [5, 5.41) is 3.00. The predicted molar refractivity (Wildman–Crippen MR) is 81.8 cm³/mol. The lowest BCUT2D eigenvalue weighted by Crippen LogP contribution is -2.30. The highest BCUT2D eigenvalue weighted by molar-refractivity contribution is 5.98. The fraction of sp³-hybridized carbons (Fsp3) is 0.235. The van der Waals surface area contributed by atoms with Crippen LogP contribution in [0.2, 0.25) is 0 Å². The molecule has 1 atom stereocenters. The first kappa shape index (κ1) is 12.7. The number of nitrogen functional groups attached to an aromatic ring is 1. The maximum atomic E-state index is 12.4. The van der Waals surface area contributed by atoms with Crippen molar-refractivity contribution in [3.05, 3.63) is 58.7 Å². The molecule has 102 valence electrons. The number of carbonyl (C=O) groups is 1. The highest BCUT2D eigenvalue weighted by atomic mass is 16.1. The van der Waals surface area contributed by atoms with Gasteiger partial charge < -0.3 is 11.1 Å². The van der Waals surface area contributed by atoms with Gasteiger partial charge >= 0.3 is 0 Å². The monoisotopic (exact) mass is 266 g/mol. The quantitative estimate of drug-likeness (QED) is 0.820. The van der Waals surface area contributed by atoms with Gasteiger partial charge in [-0.05, 0) is 48.6 Å². The fourth-order valence-corrected chi connectivity index (χ4v) is 2.72. The van der Waals surface area contributed by atoms with E-state index < -0.39 is 0 Å². The maximum Gasteiger partial charge on any atom is 0.232 e. The molecule has 3 nitrogen and oxygen atoms in total. The van der Waals surface area contributed by atoms with Gasteiger partial charge in [0.05, 0.1) is 5.92 Å². The van der Waals surface area contributed by atoms with Crippen molar-refractivity contribution in [3.63, 3.8) is 0 Å². The van der Waals surface area contributed by atoms with Gasteiger partial charge in [0.25, 0.3) is 0 Å². The summed E-state index contributed by atoms with van der Waals surface area (Å²) in [6, 6.07) is 11.9. The predicted octanol–water partition coefficient (Wildman–Crippen LogP) is 3.16. The number of benzene rings is 2. The maximum absolute atomic E-state index is 12.4. The molecule has 2 aromatic carbocycles. The van der Waals surface area contributed by atoms with Crippen LogP contribution in [0.15, 0.2) is 36.4 Å². The molecule has 3 rings (SSSR count). The standard InChI is InChI=1S/C17H18N2O/c1-10-7-11(2)16(9-15(10)18)19-17(20)14-8-12-5-3-4-6-13(12)14/h3-7,9,14H,8,18H2,1-2H3,(H,19,20). The summed E-state index contributed by atoms with van der Waals surface area (Å²) in [7, 11) is 0. The van der Waals surface area contributed by atoms with Crippen molar-refractivity contribution < 1.29 is 4.79 Å². The van der Waals surface area contributed by atoms with Crippen LogP contribution in [0, 0.1) is 13.8 Å². The van der Waals surface area contributed by atoms with Crippen LogP contribution in [-0.2, 0) is 11.2 Å². The Balaban J connectivity index is 1.80. The number of carbonyl (C=O) groups excluding carboxylic acids is 1. The minimum Gasteiger partial charge on any atom is -0.398 e. The Bertz CT molecular complexity index is 691. The summed E-state index contributed by atoms with van der Waals surface area (Å²) in [5.41, 5.74) is 11.9. The summed E-state index contributed by atoms with van der Waals surface area (Å²) in [6.45, 7) is 3.95. The first-order valence-corrected chi connectivity index (χ1v) is 6.81. The molecule has 0 aliphatic heterocycles. The van der Waals surface area contributed by atoms with Crippen LogP contribution in [0.1, 0.15) is 28.2 Å². The summed E-state index contributed by atoms with van der Waals surface area (Å²) in [6.07, 6.45) is 0.822. The molecule has 20 heavy (non-hydrogen) atoms. The lowest BCUT2D eigenvalue weighted by Gasteiger charge is -2.29. The van der Waals surface area contributed by atoms with Crippen molar-refractivity contribution in [2.75, 3.05) is 11.1 Å². The average Bonchev–Trinajstić information content (AvgIpc) is 2.37. The molecule has 0 radical (unpaired) electrons. The topological polar surface area (TPSA) is 55.1 Å². The third kappa shape index (κ3) is 2.05. The Morgan fingerprint density at radius 2 is 1.95 bits per heavy atom. The van der Waals surface area contributed by atoms with E-state index in [4.69, 9.17) is 5.73 Å². The number of aryl methyl sites for hydroxylation is 2. The van der Waals surface area contributed by atoms with Gasteiger partial charge in [0.1, 0.15) is 0 Å². The zero-order valence-electron chi connectivity index (χ0n) is 11.7. The van der Waals surface area contributed by atoms with Crippen molar-refractivity contribution in [2.45, 2.75) is 26.2 Å². The van der Waals surface area contributed by atoms with Crippen LogP contribution >= 0.6 is 0 Å². The largest absolute Gasteiger partial charge is 0.398 e. The number of nitrogens with two attached hydrogens (primary N) is 1. The van der Waals surface area contributed by atoms with E-state index in [-0.39, 0.29) is 11.8 Å². The molecule has 1 aliphatic rings. The van der Waals surface area contributed by atoms with Crippen LogP contribution in [0.4, 0.5) is 11.4 Å². The molecule has 0 saturated heterocycles. The Labute approximate surface area is 118 Å². The minimum absolute atomic E-state index is 0.0341. The first-order valence-electron chi connectivity index (χ1n) is 6.81. The molecule has 0 spiro atoms.